The van der Waals surface area contributed by atoms with E-state index >= 15 is 0 Å². The average Bonchev–Trinajstić information content (AvgIpc) is 3.44. The highest BCUT2D eigenvalue weighted by Gasteiger charge is 2.55. The van der Waals surface area contributed by atoms with Crippen LogP contribution in [0.2, 0.25) is 0 Å². The van der Waals surface area contributed by atoms with Crippen LogP contribution in [0.1, 0.15) is 29.4 Å². The lowest BCUT2D eigenvalue weighted by atomic mass is 9.67. The van der Waals surface area contributed by atoms with E-state index in [9.17, 15) is 13.2 Å². The van der Waals surface area contributed by atoms with Gasteiger partial charge in [0.2, 0.25) is 5.91 Å². The van der Waals surface area contributed by atoms with Crippen LogP contribution >= 0.6 is 0 Å². The first kappa shape index (κ1) is 19.7. The zero-order chi connectivity index (χ0) is 22.2. The fraction of sp³-hybridized carbons (Fsp3) is 0.375. The van der Waals surface area contributed by atoms with Gasteiger partial charge in [0.25, 0.3) is 10.0 Å². The second kappa shape index (κ2) is 6.75. The minimum absolute atomic E-state index is 0.0139. The zero-order valence-electron chi connectivity index (χ0n) is 17.8. The number of hydrogen-bond donors (Lipinski definition) is 0. The lowest BCUT2D eigenvalue weighted by molar-refractivity contribution is -0.145. The number of rotatable bonds is 3. The van der Waals surface area contributed by atoms with Crippen molar-refractivity contribution < 1.29 is 22.7 Å². The Morgan fingerprint density at radius 3 is 2.66 bits per heavy atom. The number of anilines is 1. The van der Waals surface area contributed by atoms with E-state index in [1.54, 1.807) is 37.6 Å². The van der Waals surface area contributed by atoms with Crippen molar-refractivity contribution in [3.05, 3.63) is 65.9 Å². The number of carbonyl (C=O) groups is 1. The summed E-state index contributed by atoms with van der Waals surface area (Å²) in [7, 11) is -0.318. The summed E-state index contributed by atoms with van der Waals surface area (Å²) in [6.45, 7) is 0.374. The predicted octanol–water partition coefficient (Wildman–Crippen LogP) is 2.84. The molecule has 2 aromatic carbocycles. The second-order valence-corrected chi connectivity index (χ2v) is 10.8. The molecule has 0 N–H and O–H groups in total. The Morgan fingerprint density at radius 2 is 1.91 bits per heavy atom. The number of carbonyl (C=O) groups excluding carboxylic acids is 1. The maximum Gasteiger partial charge on any atom is 0.264 e. The van der Waals surface area contributed by atoms with Crippen molar-refractivity contribution in [2.45, 2.75) is 35.3 Å². The van der Waals surface area contributed by atoms with Crippen LogP contribution in [0.15, 0.2) is 59.7 Å². The molecule has 1 aliphatic carbocycles. The number of nitrogens with zero attached hydrogens (tertiary/aromatic N) is 2. The van der Waals surface area contributed by atoms with Crippen molar-refractivity contribution in [2.24, 2.45) is 5.92 Å². The van der Waals surface area contributed by atoms with E-state index in [1.165, 1.54) is 4.31 Å². The molecule has 4 aliphatic rings. The minimum atomic E-state index is -3.73. The van der Waals surface area contributed by atoms with Crippen molar-refractivity contribution in [3.63, 3.8) is 0 Å². The molecule has 1 fully saturated rings. The molecule has 3 heterocycles. The fourth-order valence-electron chi connectivity index (χ4n) is 5.99. The van der Waals surface area contributed by atoms with E-state index < -0.39 is 10.0 Å². The van der Waals surface area contributed by atoms with Crippen molar-refractivity contribution in [3.8, 4) is 5.75 Å². The number of fused-ring (bicyclic) bond motifs is 4. The van der Waals surface area contributed by atoms with Crippen molar-refractivity contribution in [1.29, 1.82) is 0 Å². The number of likely N-dealkylation sites (N-methyl/N-ethyl adjacent to an activating group) is 1. The number of likely N-dealkylation sites (tertiary alicyclic amines) is 1. The molecule has 8 heteroatoms. The third kappa shape index (κ3) is 2.53. The number of benzene rings is 2. The molecule has 7 nitrogen and oxygen atoms in total. The van der Waals surface area contributed by atoms with Crippen LogP contribution in [0, 0.1) is 5.92 Å². The molecule has 0 spiro atoms. The summed E-state index contributed by atoms with van der Waals surface area (Å²) in [5.74, 6) is 0.462. The highest BCUT2D eigenvalue weighted by Crippen LogP contribution is 2.54. The van der Waals surface area contributed by atoms with Gasteiger partial charge in [0.05, 0.1) is 29.9 Å². The highest BCUT2D eigenvalue weighted by atomic mass is 32.2. The number of piperidine rings is 1. The van der Waals surface area contributed by atoms with Crippen LogP contribution in [0.25, 0.3) is 0 Å². The van der Waals surface area contributed by atoms with E-state index in [0.29, 0.717) is 12.3 Å². The molecule has 0 bridgehead atoms. The standard InChI is InChI=1S/C24H24N2O5S/c1-25-20-12-14-13-26(32(28,29)16-8-6-15(30-2)7-9-16)19-5-3-4-17(21(14)19)22(20)23-18(24(25)27)10-11-31-23/h3-11,14,18,20,22-23H,12-13H2,1-2H3/t14-,18-,20-,22+,23+/m0/s1. The van der Waals surface area contributed by atoms with E-state index in [1.807, 2.05) is 30.2 Å². The summed E-state index contributed by atoms with van der Waals surface area (Å²) >= 11 is 0. The van der Waals surface area contributed by atoms with E-state index in [2.05, 4.69) is 6.07 Å². The molecule has 2 aromatic rings. The molecule has 1 saturated heterocycles. The van der Waals surface area contributed by atoms with Gasteiger partial charge in [-0.15, -0.1) is 0 Å². The molecule has 3 aliphatic heterocycles. The van der Waals surface area contributed by atoms with Crippen LogP contribution in [0.5, 0.6) is 5.75 Å². The van der Waals surface area contributed by atoms with Gasteiger partial charge >= 0.3 is 0 Å². The van der Waals surface area contributed by atoms with E-state index in [0.717, 1.165) is 23.2 Å². The number of sulfonamides is 1. The Labute approximate surface area is 187 Å². The zero-order valence-corrected chi connectivity index (χ0v) is 18.7. The maximum atomic E-state index is 13.6. The molecule has 0 aromatic heterocycles. The number of hydrogen-bond acceptors (Lipinski definition) is 5. The monoisotopic (exact) mass is 452 g/mol. The second-order valence-electron chi connectivity index (χ2n) is 8.92. The van der Waals surface area contributed by atoms with Gasteiger partial charge in [0.15, 0.2) is 0 Å². The normalized spacial score (nSPS) is 29.9. The summed E-state index contributed by atoms with van der Waals surface area (Å²) in [5, 5.41) is 0. The lowest BCUT2D eigenvalue weighted by Gasteiger charge is -2.48. The molecule has 166 valence electrons. The summed E-state index contributed by atoms with van der Waals surface area (Å²) in [6, 6.07) is 12.4. The van der Waals surface area contributed by atoms with Crippen LogP contribution < -0.4 is 9.04 Å². The van der Waals surface area contributed by atoms with Crippen molar-refractivity contribution in [2.75, 3.05) is 25.0 Å². The van der Waals surface area contributed by atoms with Crippen LogP contribution in [-0.4, -0.2) is 52.1 Å². The first-order valence-electron chi connectivity index (χ1n) is 10.8. The van der Waals surface area contributed by atoms with Gasteiger partial charge in [0, 0.05) is 31.5 Å². The molecule has 1 amide bonds. The largest absolute Gasteiger partial charge is 0.497 e. The molecular formula is C24H24N2O5S. The third-order valence-electron chi connectivity index (χ3n) is 7.49. The molecule has 5 atom stereocenters. The predicted molar refractivity (Wildman–Crippen MR) is 118 cm³/mol. The van der Waals surface area contributed by atoms with Gasteiger partial charge in [-0.1, -0.05) is 12.1 Å². The Bertz CT molecular complexity index is 1240. The van der Waals surface area contributed by atoms with Gasteiger partial charge in [-0.2, -0.15) is 0 Å². The minimum Gasteiger partial charge on any atom is -0.497 e. The van der Waals surface area contributed by atoms with Crippen LogP contribution in [-0.2, 0) is 19.6 Å². The summed E-state index contributed by atoms with van der Waals surface area (Å²) in [4.78, 5) is 15.0. The quantitative estimate of drug-likeness (QED) is 0.716. The molecule has 6 rings (SSSR count). The Balaban J connectivity index is 1.44. The summed E-state index contributed by atoms with van der Waals surface area (Å²) in [5.41, 5.74) is 2.93. The smallest absolute Gasteiger partial charge is 0.264 e. The first-order valence-corrected chi connectivity index (χ1v) is 12.2. The van der Waals surface area contributed by atoms with Gasteiger partial charge in [-0.3, -0.25) is 9.10 Å². The summed E-state index contributed by atoms with van der Waals surface area (Å²) < 4.78 is 39.8. The van der Waals surface area contributed by atoms with Crippen molar-refractivity contribution >= 4 is 21.6 Å². The van der Waals surface area contributed by atoms with Gasteiger partial charge in [0.1, 0.15) is 11.9 Å². The SMILES string of the molecule is COc1ccc(S(=O)(=O)N2C[C@@H]3C[C@H]4[C@@H](c5cccc2c53)[C@@H]2OC=C[C@@H]2C(=O)N4C)cc1. The van der Waals surface area contributed by atoms with Crippen LogP contribution in [0.3, 0.4) is 0 Å². The molecule has 0 unspecified atom stereocenters. The number of methoxy groups -OCH3 is 1. The Kier molecular flexibility index (Phi) is 4.15. The first-order chi connectivity index (χ1) is 15.4. The Hall–Kier alpha value is -3.00. The highest BCUT2D eigenvalue weighted by molar-refractivity contribution is 7.92. The van der Waals surface area contributed by atoms with E-state index in [-0.39, 0.29) is 40.7 Å². The fourth-order valence-corrected chi connectivity index (χ4v) is 7.52. The number of ether oxygens (including phenoxy) is 2. The molecule has 32 heavy (non-hydrogen) atoms. The van der Waals surface area contributed by atoms with Crippen molar-refractivity contribution in [1.82, 2.24) is 4.90 Å². The average molecular weight is 453 g/mol. The topological polar surface area (TPSA) is 76.1 Å². The Morgan fingerprint density at radius 1 is 1.12 bits per heavy atom. The third-order valence-corrected chi connectivity index (χ3v) is 9.28. The van der Waals surface area contributed by atoms with Crippen LogP contribution in [0.4, 0.5) is 5.69 Å². The van der Waals surface area contributed by atoms with Gasteiger partial charge in [-0.25, -0.2) is 8.42 Å². The molecular weight excluding hydrogens is 428 g/mol. The lowest BCUT2D eigenvalue weighted by Crippen LogP contribution is -2.57. The van der Waals surface area contributed by atoms with Gasteiger partial charge < -0.3 is 14.4 Å². The molecule has 0 saturated carbocycles. The van der Waals surface area contributed by atoms with Gasteiger partial charge in [-0.05, 0) is 54.0 Å². The number of amides is 1. The molecule has 0 radical (unpaired) electrons. The maximum absolute atomic E-state index is 13.6. The summed E-state index contributed by atoms with van der Waals surface area (Å²) in [6.07, 6.45) is 3.97. The van der Waals surface area contributed by atoms with E-state index in [4.69, 9.17) is 9.47 Å².